The standard InChI is InChI=1S/C33H24FIN4O3/c34-19-9-15-22(16-10-19)39-31(41)29-28-23-5-1-3-7-25(23)33(30(29)32(39)42,26-8-4-2-6-24(26)28)18-37-38-27(40)17-36-21-13-11-20(35)12-14-21/h1-16,18,28-30,36H,17H2,(H,38,40)/b37-18-/t28?,29-,30+,33?/m0/s1. The van der Waals surface area contributed by atoms with Crippen LogP contribution in [-0.4, -0.2) is 30.5 Å². The minimum atomic E-state index is -1.11. The lowest BCUT2D eigenvalue weighted by atomic mass is 9.47. The molecule has 0 spiro atoms. The van der Waals surface area contributed by atoms with Gasteiger partial charge >= 0.3 is 0 Å². The number of nitrogens with zero attached hydrogens (tertiary/aromatic N) is 2. The second-order valence-electron chi connectivity index (χ2n) is 10.7. The van der Waals surface area contributed by atoms with Crippen LogP contribution >= 0.6 is 22.6 Å². The lowest BCUT2D eigenvalue weighted by Gasteiger charge is -2.52. The van der Waals surface area contributed by atoms with Gasteiger partial charge in [0.1, 0.15) is 5.82 Å². The van der Waals surface area contributed by atoms with Gasteiger partial charge in [0.15, 0.2) is 0 Å². The summed E-state index contributed by atoms with van der Waals surface area (Å²) in [4.78, 5) is 42.3. The van der Waals surface area contributed by atoms with Crippen LogP contribution in [0.2, 0.25) is 0 Å². The highest BCUT2D eigenvalue weighted by atomic mass is 127. The number of imide groups is 1. The van der Waals surface area contributed by atoms with E-state index in [0.717, 1.165) is 31.5 Å². The van der Waals surface area contributed by atoms with Crippen LogP contribution in [0.1, 0.15) is 28.2 Å². The number of hydrogen-bond donors (Lipinski definition) is 2. The first-order valence-electron chi connectivity index (χ1n) is 13.5. The molecule has 0 unspecified atom stereocenters. The molecule has 2 N–H and O–H groups in total. The van der Waals surface area contributed by atoms with Gasteiger partial charge in [-0.1, -0.05) is 48.5 Å². The van der Waals surface area contributed by atoms with Crippen molar-refractivity contribution in [1.29, 1.82) is 0 Å². The largest absolute Gasteiger partial charge is 0.376 e. The Kier molecular flexibility index (Phi) is 6.41. The summed E-state index contributed by atoms with van der Waals surface area (Å²) in [7, 11) is 0. The fraction of sp³-hybridized carbons (Fsp3) is 0.152. The van der Waals surface area contributed by atoms with Crippen LogP contribution in [0.5, 0.6) is 0 Å². The van der Waals surface area contributed by atoms with Crippen LogP contribution in [0.15, 0.2) is 102 Å². The molecule has 3 aliphatic carbocycles. The molecule has 1 fully saturated rings. The molecule has 4 aromatic carbocycles. The first-order valence-corrected chi connectivity index (χ1v) is 14.6. The molecule has 1 aliphatic heterocycles. The van der Waals surface area contributed by atoms with Gasteiger partial charge in [-0.15, -0.1) is 0 Å². The van der Waals surface area contributed by atoms with E-state index in [4.69, 9.17) is 0 Å². The van der Waals surface area contributed by atoms with Crippen LogP contribution in [0, 0.1) is 21.2 Å². The average Bonchev–Trinajstić information content (AvgIpc) is 3.28. The van der Waals surface area contributed by atoms with E-state index < -0.39 is 23.1 Å². The highest BCUT2D eigenvalue weighted by Gasteiger charge is 2.68. The van der Waals surface area contributed by atoms with E-state index in [0.29, 0.717) is 5.69 Å². The summed E-state index contributed by atoms with van der Waals surface area (Å²) in [6.07, 6.45) is 1.62. The molecule has 3 amide bonds. The molecule has 9 heteroatoms. The summed E-state index contributed by atoms with van der Waals surface area (Å²) < 4.78 is 14.8. The molecule has 2 atom stereocenters. The van der Waals surface area contributed by atoms with E-state index in [1.54, 1.807) is 6.21 Å². The van der Waals surface area contributed by atoms with Crippen molar-refractivity contribution in [2.24, 2.45) is 16.9 Å². The summed E-state index contributed by atoms with van der Waals surface area (Å²) in [5, 5.41) is 7.50. The molecular weight excluding hydrogens is 646 g/mol. The minimum absolute atomic E-state index is 0.00198. The Bertz CT molecular complexity index is 1730. The van der Waals surface area contributed by atoms with Crippen LogP contribution < -0.4 is 15.6 Å². The van der Waals surface area contributed by atoms with Crippen molar-refractivity contribution in [3.63, 3.8) is 0 Å². The quantitative estimate of drug-likeness (QED) is 0.128. The summed E-state index contributed by atoms with van der Waals surface area (Å²) in [5.74, 6) is -3.31. The van der Waals surface area contributed by atoms with E-state index in [-0.39, 0.29) is 30.2 Å². The van der Waals surface area contributed by atoms with Gasteiger partial charge in [0.2, 0.25) is 11.8 Å². The number of carbonyl (C=O) groups excluding carboxylic acids is 3. The first kappa shape index (κ1) is 26.5. The average molecular weight is 670 g/mol. The van der Waals surface area contributed by atoms with Crippen LogP contribution in [0.25, 0.3) is 0 Å². The Balaban J connectivity index is 1.29. The van der Waals surface area contributed by atoms with E-state index in [2.05, 4.69) is 38.4 Å². The Morgan fingerprint density at radius 3 is 2.14 bits per heavy atom. The first-order chi connectivity index (χ1) is 20.4. The molecular formula is C33H24FIN4O3. The Morgan fingerprint density at radius 2 is 1.50 bits per heavy atom. The molecule has 1 heterocycles. The number of hydrazone groups is 1. The maximum absolute atomic E-state index is 14.3. The Morgan fingerprint density at radius 1 is 0.881 bits per heavy atom. The molecule has 208 valence electrons. The maximum Gasteiger partial charge on any atom is 0.259 e. The monoisotopic (exact) mass is 670 g/mol. The summed E-state index contributed by atoms with van der Waals surface area (Å²) >= 11 is 2.22. The molecule has 2 bridgehead atoms. The fourth-order valence-corrected chi connectivity index (χ4v) is 7.25. The fourth-order valence-electron chi connectivity index (χ4n) is 6.89. The summed E-state index contributed by atoms with van der Waals surface area (Å²) in [6, 6.07) is 28.7. The predicted octanol–water partition coefficient (Wildman–Crippen LogP) is 5.20. The van der Waals surface area contributed by atoms with Gasteiger partial charge in [0, 0.05) is 21.4 Å². The van der Waals surface area contributed by atoms with Crippen LogP contribution in [0.4, 0.5) is 15.8 Å². The normalized spacial score (nSPS) is 23.5. The van der Waals surface area contributed by atoms with Gasteiger partial charge in [-0.25, -0.2) is 14.7 Å². The third-order valence-corrected chi connectivity index (χ3v) is 9.24. The number of hydrogen-bond acceptors (Lipinski definition) is 5. The summed E-state index contributed by atoms with van der Waals surface area (Å²) in [5.41, 5.74) is 6.32. The van der Waals surface area contributed by atoms with Crippen LogP contribution in [0.3, 0.4) is 0 Å². The molecule has 8 rings (SSSR count). The Labute approximate surface area is 255 Å². The molecule has 4 aliphatic rings. The number of halogens is 2. The van der Waals surface area contributed by atoms with E-state index >= 15 is 0 Å². The molecule has 0 aromatic heterocycles. The zero-order valence-electron chi connectivity index (χ0n) is 22.1. The van der Waals surface area contributed by atoms with Crippen molar-refractivity contribution in [1.82, 2.24) is 5.43 Å². The zero-order valence-corrected chi connectivity index (χ0v) is 24.3. The van der Waals surface area contributed by atoms with Crippen molar-refractivity contribution in [2.45, 2.75) is 11.3 Å². The minimum Gasteiger partial charge on any atom is -0.376 e. The third-order valence-electron chi connectivity index (χ3n) is 8.52. The van der Waals surface area contributed by atoms with E-state index in [1.807, 2.05) is 72.8 Å². The van der Waals surface area contributed by atoms with E-state index in [9.17, 15) is 18.8 Å². The number of rotatable bonds is 6. The second kappa shape index (κ2) is 10.2. The van der Waals surface area contributed by atoms with Crippen molar-refractivity contribution in [3.05, 3.63) is 129 Å². The van der Waals surface area contributed by atoms with Gasteiger partial charge in [-0.05, 0) is 93.4 Å². The number of amides is 3. The number of benzene rings is 4. The third kappa shape index (κ3) is 3.98. The smallest absolute Gasteiger partial charge is 0.259 e. The zero-order chi connectivity index (χ0) is 29.0. The number of nitrogens with one attached hydrogen (secondary N) is 2. The Hall–Kier alpha value is -4.38. The lowest BCUT2D eigenvalue weighted by molar-refractivity contribution is -0.122. The predicted molar refractivity (Wildman–Crippen MR) is 166 cm³/mol. The topological polar surface area (TPSA) is 90.9 Å². The lowest BCUT2D eigenvalue weighted by Crippen LogP contribution is -2.54. The van der Waals surface area contributed by atoms with Crippen LogP contribution in [-0.2, 0) is 19.8 Å². The van der Waals surface area contributed by atoms with Gasteiger partial charge < -0.3 is 5.32 Å². The number of anilines is 2. The highest BCUT2D eigenvalue weighted by Crippen LogP contribution is 2.63. The molecule has 7 nitrogen and oxygen atoms in total. The molecule has 42 heavy (non-hydrogen) atoms. The molecule has 1 saturated heterocycles. The number of carbonyl (C=O) groups is 3. The highest BCUT2D eigenvalue weighted by molar-refractivity contribution is 14.1. The molecule has 0 saturated carbocycles. The molecule has 4 aromatic rings. The van der Waals surface area contributed by atoms with Gasteiger partial charge in [0.25, 0.3) is 5.91 Å². The summed E-state index contributed by atoms with van der Waals surface area (Å²) in [6.45, 7) is 0.00198. The van der Waals surface area contributed by atoms with Crippen molar-refractivity contribution in [2.75, 3.05) is 16.8 Å². The van der Waals surface area contributed by atoms with Gasteiger partial charge in [0.05, 0.1) is 29.5 Å². The van der Waals surface area contributed by atoms with Gasteiger partial charge in [-0.2, -0.15) is 5.10 Å². The molecule has 0 radical (unpaired) electrons. The van der Waals surface area contributed by atoms with E-state index in [1.165, 1.54) is 29.2 Å². The van der Waals surface area contributed by atoms with Gasteiger partial charge in [-0.3, -0.25) is 14.4 Å². The van der Waals surface area contributed by atoms with Crippen molar-refractivity contribution < 1.29 is 18.8 Å². The SMILES string of the molecule is O=C(CNc1ccc(I)cc1)N/N=C\C12c3ccccc3C(c3ccccc31)[C@@H]1C(=O)N(c3ccc(F)cc3)C(=O)[C@@H]12. The maximum atomic E-state index is 14.3. The second-order valence-corrected chi connectivity index (χ2v) is 11.9. The van der Waals surface area contributed by atoms with Crippen molar-refractivity contribution in [3.8, 4) is 0 Å². The van der Waals surface area contributed by atoms with Crippen molar-refractivity contribution >= 4 is 57.9 Å².